The van der Waals surface area contributed by atoms with Crippen molar-refractivity contribution in [2.75, 3.05) is 26.8 Å². The van der Waals surface area contributed by atoms with Crippen LogP contribution in [0.15, 0.2) is 5.16 Å². The summed E-state index contributed by atoms with van der Waals surface area (Å²) in [5.74, 6) is 0.305. The van der Waals surface area contributed by atoms with E-state index in [1.165, 1.54) is 0 Å². The largest absolute Gasteiger partial charge is 0.409 e. The summed E-state index contributed by atoms with van der Waals surface area (Å²) in [7, 11) is 1.61. The number of rotatable bonds is 7. The van der Waals surface area contributed by atoms with Gasteiger partial charge in [0.25, 0.3) is 0 Å². The van der Waals surface area contributed by atoms with Crippen LogP contribution < -0.4 is 5.73 Å². The first-order valence-electron chi connectivity index (χ1n) is 6.78. The second kappa shape index (κ2) is 7.33. The number of methoxy groups -OCH3 is 1. The fraction of sp³-hybridized carbons (Fsp3) is 0.846. The second-order valence-electron chi connectivity index (χ2n) is 5.39. The molecule has 1 fully saturated rings. The van der Waals surface area contributed by atoms with Gasteiger partial charge in [-0.15, -0.1) is 0 Å². The van der Waals surface area contributed by atoms with Crippen LogP contribution in [0.3, 0.4) is 0 Å². The van der Waals surface area contributed by atoms with Crippen molar-refractivity contribution in [1.29, 1.82) is 0 Å². The fourth-order valence-corrected chi connectivity index (χ4v) is 2.57. The van der Waals surface area contributed by atoms with Crippen LogP contribution in [0.2, 0.25) is 0 Å². The van der Waals surface area contributed by atoms with Gasteiger partial charge < -0.3 is 20.6 Å². The maximum Gasteiger partial charge on any atom is 0.228 e. The lowest BCUT2D eigenvalue weighted by Gasteiger charge is -2.31. The average Bonchev–Trinajstić information content (AvgIpc) is 2.86. The number of carbonyl (C=O) groups is 1. The number of amidine groups is 1. The van der Waals surface area contributed by atoms with Crippen molar-refractivity contribution in [3.8, 4) is 0 Å². The molecule has 1 saturated carbocycles. The molecule has 0 aliphatic heterocycles. The Kier molecular flexibility index (Phi) is 6.08. The summed E-state index contributed by atoms with van der Waals surface area (Å²) in [6.45, 7) is 3.54. The summed E-state index contributed by atoms with van der Waals surface area (Å²) in [6.07, 6.45) is 4.49. The standard InChI is InChI=1S/C13H25N3O3/c1-13(6-3-4-7-13)12(17)16(9-10-19-2)8-5-11(14)15-18/h18H,3-10H2,1-2H3,(H2,14,15). The zero-order chi connectivity index (χ0) is 14.3. The fourth-order valence-electron chi connectivity index (χ4n) is 2.57. The van der Waals surface area contributed by atoms with E-state index in [-0.39, 0.29) is 17.2 Å². The molecule has 0 atom stereocenters. The maximum atomic E-state index is 12.6. The maximum absolute atomic E-state index is 12.6. The molecule has 6 nitrogen and oxygen atoms in total. The highest BCUT2D eigenvalue weighted by molar-refractivity contribution is 5.84. The van der Waals surface area contributed by atoms with Crippen LogP contribution in [0.25, 0.3) is 0 Å². The average molecular weight is 271 g/mol. The van der Waals surface area contributed by atoms with Crippen molar-refractivity contribution in [2.45, 2.75) is 39.0 Å². The van der Waals surface area contributed by atoms with Gasteiger partial charge in [-0.05, 0) is 12.8 Å². The zero-order valence-electron chi connectivity index (χ0n) is 11.9. The molecule has 0 aromatic carbocycles. The van der Waals surface area contributed by atoms with E-state index in [2.05, 4.69) is 5.16 Å². The van der Waals surface area contributed by atoms with E-state index in [9.17, 15) is 4.79 Å². The molecule has 1 amide bonds. The number of ether oxygens (including phenoxy) is 1. The van der Waals surface area contributed by atoms with E-state index in [4.69, 9.17) is 15.7 Å². The topological polar surface area (TPSA) is 88.2 Å². The molecule has 0 aromatic rings. The van der Waals surface area contributed by atoms with E-state index in [1.807, 2.05) is 6.92 Å². The van der Waals surface area contributed by atoms with Crippen LogP contribution in [-0.4, -0.2) is 48.7 Å². The first-order valence-corrected chi connectivity index (χ1v) is 6.78. The molecular weight excluding hydrogens is 246 g/mol. The summed E-state index contributed by atoms with van der Waals surface area (Å²) in [5.41, 5.74) is 5.22. The molecule has 1 aliphatic carbocycles. The second-order valence-corrected chi connectivity index (χ2v) is 5.39. The number of carbonyl (C=O) groups excluding carboxylic acids is 1. The van der Waals surface area contributed by atoms with Crippen molar-refractivity contribution in [1.82, 2.24) is 4.90 Å². The lowest BCUT2D eigenvalue weighted by Crippen LogP contribution is -2.44. The summed E-state index contributed by atoms with van der Waals surface area (Å²) < 4.78 is 5.05. The van der Waals surface area contributed by atoms with Crippen LogP contribution in [0.4, 0.5) is 0 Å². The Morgan fingerprint density at radius 2 is 2.05 bits per heavy atom. The molecule has 0 bridgehead atoms. The molecule has 0 heterocycles. The third-order valence-electron chi connectivity index (χ3n) is 3.84. The SMILES string of the molecule is COCCN(CCC(N)=NO)C(=O)C1(C)CCCC1. The zero-order valence-corrected chi connectivity index (χ0v) is 11.9. The van der Waals surface area contributed by atoms with Crippen LogP contribution in [-0.2, 0) is 9.53 Å². The normalized spacial score (nSPS) is 18.5. The van der Waals surface area contributed by atoms with Gasteiger partial charge >= 0.3 is 0 Å². The third kappa shape index (κ3) is 4.38. The summed E-state index contributed by atoms with van der Waals surface area (Å²) in [5, 5.41) is 11.5. The molecule has 0 saturated heterocycles. The van der Waals surface area contributed by atoms with Crippen molar-refractivity contribution >= 4 is 11.7 Å². The summed E-state index contributed by atoms with van der Waals surface area (Å²) in [4.78, 5) is 14.4. The molecule has 0 aromatic heterocycles. The summed E-state index contributed by atoms with van der Waals surface area (Å²) >= 11 is 0. The number of oxime groups is 1. The van der Waals surface area contributed by atoms with E-state index in [0.29, 0.717) is 26.1 Å². The van der Waals surface area contributed by atoms with Gasteiger partial charge in [-0.3, -0.25) is 4.79 Å². The molecule has 110 valence electrons. The first kappa shape index (κ1) is 15.8. The number of nitrogens with zero attached hydrogens (tertiary/aromatic N) is 2. The minimum absolute atomic E-state index is 0.145. The van der Waals surface area contributed by atoms with Gasteiger partial charge in [0, 0.05) is 32.0 Å². The van der Waals surface area contributed by atoms with E-state index in [0.717, 1.165) is 25.7 Å². The third-order valence-corrected chi connectivity index (χ3v) is 3.84. The Morgan fingerprint density at radius 3 is 2.58 bits per heavy atom. The lowest BCUT2D eigenvalue weighted by atomic mass is 9.87. The van der Waals surface area contributed by atoms with Crippen molar-refractivity contribution in [2.24, 2.45) is 16.3 Å². The van der Waals surface area contributed by atoms with Gasteiger partial charge in [0.15, 0.2) is 0 Å². The van der Waals surface area contributed by atoms with Crippen molar-refractivity contribution in [3.63, 3.8) is 0 Å². The van der Waals surface area contributed by atoms with E-state index < -0.39 is 0 Å². The Bertz CT molecular complexity index is 325. The van der Waals surface area contributed by atoms with Gasteiger partial charge in [0.2, 0.25) is 5.91 Å². The number of hydrogen-bond donors (Lipinski definition) is 2. The Balaban J connectivity index is 2.63. The quantitative estimate of drug-likeness (QED) is 0.315. The number of amides is 1. The molecule has 3 N–H and O–H groups in total. The minimum atomic E-state index is -0.251. The summed E-state index contributed by atoms with van der Waals surface area (Å²) in [6, 6.07) is 0. The Hall–Kier alpha value is -1.30. The number of hydrogen-bond acceptors (Lipinski definition) is 4. The van der Waals surface area contributed by atoms with E-state index >= 15 is 0 Å². The highest BCUT2D eigenvalue weighted by Crippen LogP contribution is 2.39. The lowest BCUT2D eigenvalue weighted by molar-refractivity contribution is -0.141. The molecule has 1 rings (SSSR count). The van der Waals surface area contributed by atoms with Crippen molar-refractivity contribution in [3.05, 3.63) is 0 Å². The Labute approximate surface area is 114 Å². The minimum Gasteiger partial charge on any atom is -0.409 e. The molecule has 0 radical (unpaired) electrons. The first-order chi connectivity index (χ1) is 9.03. The predicted molar refractivity (Wildman–Crippen MR) is 73.1 cm³/mol. The monoisotopic (exact) mass is 271 g/mol. The van der Waals surface area contributed by atoms with Gasteiger partial charge in [-0.2, -0.15) is 0 Å². The van der Waals surface area contributed by atoms with Crippen molar-refractivity contribution < 1.29 is 14.7 Å². The van der Waals surface area contributed by atoms with Crippen LogP contribution >= 0.6 is 0 Å². The van der Waals surface area contributed by atoms with Gasteiger partial charge in [-0.1, -0.05) is 24.9 Å². The van der Waals surface area contributed by atoms with Gasteiger partial charge in [0.05, 0.1) is 6.61 Å². The number of nitrogens with two attached hydrogens (primary N) is 1. The molecule has 0 spiro atoms. The highest BCUT2D eigenvalue weighted by atomic mass is 16.5. The smallest absolute Gasteiger partial charge is 0.228 e. The van der Waals surface area contributed by atoms with E-state index in [1.54, 1.807) is 12.0 Å². The highest BCUT2D eigenvalue weighted by Gasteiger charge is 2.38. The molecule has 0 unspecified atom stereocenters. The molecular formula is C13H25N3O3. The van der Waals surface area contributed by atoms with Gasteiger partial charge in [-0.25, -0.2) is 0 Å². The molecule has 1 aliphatic rings. The van der Waals surface area contributed by atoms with Gasteiger partial charge in [0.1, 0.15) is 5.84 Å². The molecule has 19 heavy (non-hydrogen) atoms. The van der Waals surface area contributed by atoms with Crippen LogP contribution in [0, 0.1) is 5.41 Å². The predicted octanol–water partition coefficient (Wildman–Crippen LogP) is 1.18. The van der Waals surface area contributed by atoms with Crippen LogP contribution in [0.1, 0.15) is 39.0 Å². The Morgan fingerprint density at radius 1 is 1.42 bits per heavy atom. The molecule has 6 heteroatoms. The van der Waals surface area contributed by atoms with Crippen LogP contribution in [0.5, 0.6) is 0 Å².